The second-order valence-corrected chi connectivity index (χ2v) is 2.63. The molecule has 65 valence electrons. The van der Waals surface area contributed by atoms with Crippen LogP contribution < -0.4 is 5.32 Å². The Labute approximate surface area is 72.6 Å². The zero-order valence-electron chi connectivity index (χ0n) is 7.04. The van der Waals surface area contributed by atoms with Crippen LogP contribution in [0, 0.1) is 0 Å². The number of benzene rings is 1. The highest BCUT2D eigenvalue weighted by molar-refractivity contribution is 5.14. The summed E-state index contributed by atoms with van der Waals surface area (Å²) >= 11 is 0. The van der Waals surface area contributed by atoms with Crippen LogP contribution >= 0.6 is 0 Å². The maximum atomic E-state index is 11.7. The van der Waals surface area contributed by atoms with E-state index in [4.69, 9.17) is 0 Å². The molecule has 0 aliphatic carbocycles. The molecule has 2 heteroatoms. The molecule has 1 aromatic rings. The van der Waals surface area contributed by atoms with Crippen molar-refractivity contribution in [2.45, 2.75) is 13.0 Å². The van der Waals surface area contributed by atoms with E-state index in [1.54, 1.807) is 0 Å². The van der Waals surface area contributed by atoms with Crippen LogP contribution in [-0.2, 0) is 6.54 Å². The summed E-state index contributed by atoms with van der Waals surface area (Å²) in [5.41, 5.74) is 1.19. The van der Waals surface area contributed by atoms with Gasteiger partial charge in [0.2, 0.25) is 0 Å². The van der Waals surface area contributed by atoms with Crippen LogP contribution in [0.1, 0.15) is 12.0 Å². The Hall–Kier alpha value is -0.890. The molecule has 0 bridgehead atoms. The van der Waals surface area contributed by atoms with Gasteiger partial charge in [-0.2, -0.15) is 0 Å². The third-order valence-corrected chi connectivity index (χ3v) is 1.59. The van der Waals surface area contributed by atoms with Gasteiger partial charge < -0.3 is 0 Å². The van der Waals surface area contributed by atoms with Gasteiger partial charge in [0, 0.05) is 13.1 Å². The molecule has 0 saturated carbocycles. The van der Waals surface area contributed by atoms with E-state index in [1.807, 2.05) is 30.3 Å². The molecule has 1 aromatic carbocycles. The first-order valence-electron chi connectivity index (χ1n) is 4.16. The third-order valence-electron chi connectivity index (χ3n) is 1.59. The van der Waals surface area contributed by atoms with Gasteiger partial charge in [-0.15, -0.1) is 0 Å². The number of alkyl halides is 1. The minimum absolute atomic E-state index is 0.266. The largest absolute Gasteiger partial charge is 0.251 e. The first-order chi connectivity index (χ1) is 5.93. The predicted molar refractivity (Wildman–Crippen MR) is 47.7 cm³/mol. The number of halogens is 1. The predicted octanol–water partition coefficient (Wildman–Crippen LogP) is 2.15. The van der Waals surface area contributed by atoms with Crippen molar-refractivity contribution in [3.05, 3.63) is 35.9 Å². The van der Waals surface area contributed by atoms with E-state index in [0.717, 1.165) is 0 Å². The molecule has 0 aliphatic rings. The van der Waals surface area contributed by atoms with Crippen LogP contribution in [0.3, 0.4) is 0 Å². The molecule has 0 spiro atoms. The molecule has 1 nitrogen and oxygen atoms in total. The fourth-order valence-electron chi connectivity index (χ4n) is 0.963. The van der Waals surface area contributed by atoms with E-state index in [1.165, 1.54) is 5.56 Å². The van der Waals surface area contributed by atoms with Crippen molar-refractivity contribution in [3.63, 3.8) is 0 Å². The van der Waals surface area contributed by atoms with Crippen LogP contribution in [0.15, 0.2) is 30.3 Å². The summed E-state index contributed by atoms with van der Waals surface area (Å²) in [6, 6.07) is 10.0. The lowest BCUT2D eigenvalue weighted by Gasteiger charge is -1.99. The van der Waals surface area contributed by atoms with Crippen LogP contribution in [0.5, 0.6) is 0 Å². The maximum Gasteiger partial charge on any atom is 0.0907 e. The van der Waals surface area contributed by atoms with Gasteiger partial charge in [0.1, 0.15) is 0 Å². The topological polar surface area (TPSA) is 14.1 Å². The van der Waals surface area contributed by atoms with Crippen molar-refractivity contribution in [2.75, 3.05) is 13.2 Å². The Morgan fingerprint density at radius 3 is 2.58 bits per heavy atom. The maximum absolute atomic E-state index is 11.7. The van der Waals surface area contributed by atoms with E-state index in [9.17, 15) is 4.39 Å². The Bertz CT molecular complexity index is 198. The lowest BCUT2D eigenvalue weighted by molar-refractivity contribution is 0.457. The van der Waals surface area contributed by atoms with E-state index >= 15 is 0 Å². The Morgan fingerprint density at radius 1 is 1.17 bits per heavy atom. The van der Waals surface area contributed by atoms with Gasteiger partial charge in [-0.25, -0.2) is 5.32 Å². The average molecular weight is 166 g/mol. The molecule has 0 aliphatic heterocycles. The van der Waals surface area contributed by atoms with Crippen molar-refractivity contribution in [1.82, 2.24) is 5.32 Å². The fourth-order valence-corrected chi connectivity index (χ4v) is 0.963. The average Bonchev–Trinajstić information content (AvgIpc) is 2.14. The van der Waals surface area contributed by atoms with Crippen molar-refractivity contribution in [2.24, 2.45) is 0 Å². The molecular weight excluding hydrogens is 153 g/mol. The van der Waals surface area contributed by atoms with Gasteiger partial charge in [-0.1, -0.05) is 30.3 Å². The summed E-state index contributed by atoms with van der Waals surface area (Å²) in [5.74, 6) is 0. The molecule has 0 fully saturated rings. The summed E-state index contributed by atoms with van der Waals surface area (Å²) < 4.78 is 11.7. The second-order valence-electron chi connectivity index (χ2n) is 2.63. The Morgan fingerprint density at radius 2 is 1.92 bits per heavy atom. The third kappa shape index (κ3) is 3.49. The summed E-state index contributed by atoms with van der Waals surface area (Å²) in [6.45, 7) is 1.07. The van der Waals surface area contributed by atoms with Crippen molar-refractivity contribution < 1.29 is 4.39 Å². The van der Waals surface area contributed by atoms with Crippen molar-refractivity contribution >= 4 is 0 Å². The molecule has 0 N–H and O–H groups in total. The SMILES string of the molecule is FCCC[N]Cc1ccccc1. The molecule has 0 atom stereocenters. The zero-order chi connectivity index (χ0) is 8.65. The first-order valence-corrected chi connectivity index (χ1v) is 4.16. The molecule has 1 rings (SSSR count). The summed E-state index contributed by atoms with van der Waals surface area (Å²) in [5, 5.41) is 4.19. The Kier molecular flexibility index (Phi) is 4.39. The molecule has 0 unspecified atom stereocenters. The molecule has 12 heavy (non-hydrogen) atoms. The number of nitrogens with zero attached hydrogens (tertiary/aromatic N) is 1. The standard InChI is InChI=1S/C10H13FN/c11-7-4-8-12-9-10-5-2-1-3-6-10/h1-3,5-6H,4,7-9H2. The summed E-state index contributed by atoms with van der Waals surface area (Å²) in [6.07, 6.45) is 0.548. The van der Waals surface area contributed by atoms with Crippen LogP contribution in [0.4, 0.5) is 4.39 Å². The molecule has 0 saturated heterocycles. The lowest BCUT2D eigenvalue weighted by atomic mass is 10.2. The van der Waals surface area contributed by atoms with Crippen molar-refractivity contribution in [1.29, 1.82) is 0 Å². The fraction of sp³-hybridized carbons (Fsp3) is 0.400. The normalized spacial score (nSPS) is 10.1. The highest BCUT2D eigenvalue weighted by Crippen LogP contribution is 1.97. The number of hydrogen-bond acceptors (Lipinski definition) is 0. The monoisotopic (exact) mass is 166 g/mol. The molecule has 0 aromatic heterocycles. The van der Waals surface area contributed by atoms with E-state index in [2.05, 4.69) is 5.32 Å². The first kappa shape index (κ1) is 9.20. The molecular formula is C10H13FN. The van der Waals surface area contributed by atoms with Crippen LogP contribution in [-0.4, -0.2) is 13.2 Å². The smallest absolute Gasteiger partial charge is 0.0907 e. The summed E-state index contributed by atoms with van der Waals surface area (Å²) in [7, 11) is 0. The van der Waals surface area contributed by atoms with Crippen LogP contribution in [0.25, 0.3) is 0 Å². The van der Waals surface area contributed by atoms with E-state index in [-0.39, 0.29) is 6.67 Å². The highest BCUT2D eigenvalue weighted by Gasteiger charge is 1.91. The minimum Gasteiger partial charge on any atom is -0.251 e. The van der Waals surface area contributed by atoms with E-state index in [0.29, 0.717) is 19.5 Å². The quantitative estimate of drug-likeness (QED) is 0.595. The lowest BCUT2D eigenvalue weighted by Crippen LogP contribution is -2.06. The van der Waals surface area contributed by atoms with Gasteiger partial charge in [-0.3, -0.25) is 4.39 Å². The number of rotatable bonds is 5. The highest BCUT2D eigenvalue weighted by atomic mass is 19.1. The van der Waals surface area contributed by atoms with Gasteiger partial charge in [0.05, 0.1) is 6.67 Å². The summed E-state index contributed by atoms with van der Waals surface area (Å²) in [4.78, 5) is 0. The number of hydrogen-bond donors (Lipinski definition) is 0. The molecule has 0 heterocycles. The van der Waals surface area contributed by atoms with Crippen molar-refractivity contribution in [3.8, 4) is 0 Å². The van der Waals surface area contributed by atoms with E-state index < -0.39 is 0 Å². The molecule has 0 amide bonds. The van der Waals surface area contributed by atoms with Gasteiger partial charge >= 0.3 is 0 Å². The second kappa shape index (κ2) is 5.72. The van der Waals surface area contributed by atoms with Crippen LogP contribution in [0.2, 0.25) is 0 Å². The zero-order valence-corrected chi connectivity index (χ0v) is 7.04. The minimum atomic E-state index is -0.266. The van der Waals surface area contributed by atoms with Gasteiger partial charge in [0.15, 0.2) is 0 Å². The van der Waals surface area contributed by atoms with Gasteiger partial charge in [-0.05, 0) is 12.0 Å². The van der Waals surface area contributed by atoms with Gasteiger partial charge in [0.25, 0.3) is 0 Å². The Balaban J connectivity index is 2.16. The molecule has 1 radical (unpaired) electrons.